The van der Waals surface area contributed by atoms with Crippen LogP contribution in [0.25, 0.3) is 0 Å². The van der Waals surface area contributed by atoms with Crippen LogP contribution in [-0.2, 0) is 0 Å². The summed E-state index contributed by atoms with van der Waals surface area (Å²) in [4.78, 5) is 7.32. The Morgan fingerprint density at radius 2 is 2.08 bits per heavy atom. The summed E-state index contributed by atoms with van der Waals surface area (Å²) in [5, 5.41) is 3.10. The Morgan fingerprint density at radius 3 is 2.42 bits per heavy atom. The van der Waals surface area contributed by atoms with Crippen molar-refractivity contribution >= 4 is 24.8 Å². The number of aromatic nitrogens is 2. The average Bonchev–Trinajstić information content (AvgIpc) is 2.34. The fourth-order valence-electron chi connectivity index (χ4n) is 0.790. The number of aromatic amines is 1. The third kappa shape index (κ3) is 3.43. The summed E-state index contributed by atoms with van der Waals surface area (Å²) >= 11 is 0. The van der Waals surface area contributed by atoms with Gasteiger partial charge in [0.25, 0.3) is 0 Å². The van der Waals surface area contributed by atoms with Gasteiger partial charge in [0.15, 0.2) is 0 Å². The van der Waals surface area contributed by atoms with E-state index in [4.69, 9.17) is 0 Å². The van der Waals surface area contributed by atoms with Crippen molar-refractivity contribution in [2.45, 2.75) is 19.9 Å². The molecule has 1 heterocycles. The van der Waals surface area contributed by atoms with Gasteiger partial charge in [0.05, 0.1) is 6.04 Å². The highest BCUT2D eigenvalue weighted by Gasteiger charge is 2.03. The van der Waals surface area contributed by atoms with E-state index >= 15 is 0 Å². The molecule has 0 aromatic carbocycles. The molecule has 0 aliphatic heterocycles. The van der Waals surface area contributed by atoms with Gasteiger partial charge in [0, 0.05) is 11.9 Å². The summed E-state index contributed by atoms with van der Waals surface area (Å²) in [5.74, 6) is 1.00. The SMILES string of the molecule is CNC(C)c1ncc(C)[nH]1.Cl.Cl. The molecule has 0 fully saturated rings. The molecule has 72 valence electrons. The molecule has 0 aliphatic rings. The Labute approximate surface area is 85.2 Å². The van der Waals surface area contributed by atoms with Gasteiger partial charge in [-0.2, -0.15) is 0 Å². The highest BCUT2D eigenvalue weighted by Crippen LogP contribution is 2.05. The molecule has 1 aromatic heterocycles. The van der Waals surface area contributed by atoms with Crippen molar-refractivity contribution in [2.24, 2.45) is 0 Å². The predicted octanol–water partition coefficient (Wildman–Crippen LogP) is 1.84. The molecule has 5 heteroatoms. The fraction of sp³-hybridized carbons (Fsp3) is 0.571. The molecular weight excluding hydrogens is 197 g/mol. The zero-order valence-corrected chi connectivity index (χ0v) is 9.05. The third-order valence-electron chi connectivity index (χ3n) is 1.57. The Hall–Kier alpha value is -0.250. The van der Waals surface area contributed by atoms with Gasteiger partial charge in [-0.25, -0.2) is 4.98 Å². The van der Waals surface area contributed by atoms with Crippen molar-refractivity contribution in [3.05, 3.63) is 17.7 Å². The first-order valence-electron chi connectivity index (χ1n) is 3.43. The minimum atomic E-state index is 0. The molecule has 12 heavy (non-hydrogen) atoms. The van der Waals surface area contributed by atoms with E-state index < -0.39 is 0 Å². The second-order valence-corrected chi connectivity index (χ2v) is 2.46. The third-order valence-corrected chi connectivity index (χ3v) is 1.57. The van der Waals surface area contributed by atoms with Gasteiger partial charge in [0.2, 0.25) is 0 Å². The van der Waals surface area contributed by atoms with Gasteiger partial charge in [0.1, 0.15) is 5.82 Å². The van der Waals surface area contributed by atoms with Gasteiger partial charge < -0.3 is 10.3 Å². The number of nitrogens with zero attached hydrogens (tertiary/aromatic N) is 1. The average molecular weight is 212 g/mol. The highest BCUT2D eigenvalue weighted by atomic mass is 35.5. The van der Waals surface area contributed by atoms with E-state index in [1.807, 2.05) is 20.2 Å². The fourth-order valence-corrected chi connectivity index (χ4v) is 0.790. The van der Waals surface area contributed by atoms with Crippen LogP contribution in [0, 0.1) is 6.92 Å². The molecule has 1 aromatic rings. The van der Waals surface area contributed by atoms with E-state index in [-0.39, 0.29) is 24.8 Å². The summed E-state index contributed by atoms with van der Waals surface area (Å²) in [7, 11) is 1.92. The summed E-state index contributed by atoms with van der Waals surface area (Å²) in [5.41, 5.74) is 1.11. The smallest absolute Gasteiger partial charge is 0.123 e. The lowest BCUT2D eigenvalue weighted by Gasteiger charge is -2.04. The van der Waals surface area contributed by atoms with Crippen molar-refractivity contribution in [3.63, 3.8) is 0 Å². The van der Waals surface area contributed by atoms with Crippen molar-refractivity contribution in [1.82, 2.24) is 15.3 Å². The number of hydrogen-bond acceptors (Lipinski definition) is 2. The summed E-state index contributed by atoms with van der Waals surface area (Å²) < 4.78 is 0. The molecule has 1 atom stereocenters. The lowest BCUT2D eigenvalue weighted by molar-refractivity contribution is 0.617. The van der Waals surface area contributed by atoms with Crippen LogP contribution in [-0.4, -0.2) is 17.0 Å². The van der Waals surface area contributed by atoms with Crippen LogP contribution < -0.4 is 5.32 Å². The molecule has 0 spiro atoms. The van der Waals surface area contributed by atoms with E-state index in [0.717, 1.165) is 11.5 Å². The maximum Gasteiger partial charge on any atom is 0.123 e. The molecule has 2 N–H and O–H groups in total. The Bertz CT molecular complexity index is 212. The van der Waals surface area contributed by atoms with Crippen molar-refractivity contribution in [2.75, 3.05) is 7.05 Å². The molecule has 0 amide bonds. The quantitative estimate of drug-likeness (QED) is 0.785. The predicted molar refractivity (Wildman–Crippen MR) is 55.3 cm³/mol. The molecule has 3 nitrogen and oxygen atoms in total. The van der Waals surface area contributed by atoms with Crippen LogP contribution in [0.3, 0.4) is 0 Å². The lowest BCUT2D eigenvalue weighted by atomic mass is 10.3. The summed E-state index contributed by atoms with van der Waals surface area (Å²) in [6.07, 6.45) is 1.84. The Balaban J connectivity index is 0. The van der Waals surface area contributed by atoms with Gasteiger partial charge in [-0.15, -0.1) is 24.8 Å². The van der Waals surface area contributed by atoms with Crippen LogP contribution in [0.2, 0.25) is 0 Å². The Morgan fingerprint density at radius 1 is 1.50 bits per heavy atom. The minimum absolute atomic E-state index is 0. The first-order chi connectivity index (χ1) is 4.74. The van der Waals surface area contributed by atoms with E-state index in [9.17, 15) is 0 Å². The number of aryl methyl sites for hydroxylation is 1. The van der Waals surface area contributed by atoms with E-state index in [1.54, 1.807) is 0 Å². The topological polar surface area (TPSA) is 40.7 Å². The lowest BCUT2D eigenvalue weighted by Crippen LogP contribution is -2.13. The summed E-state index contributed by atoms with van der Waals surface area (Å²) in [6.45, 7) is 4.07. The van der Waals surface area contributed by atoms with Gasteiger partial charge in [-0.3, -0.25) is 0 Å². The van der Waals surface area contributed by atoms with Crippen LogP contribution in [0.15, 0.2) is 6.20 Å². The largest absolute Gasteiger partial charge is 0.345 e. The Kier molecular flexibility index (Phi) is 7.48. The first kappa shape index (κ1) is 14.3. The minimum Gasteiger partial charge on any atom is -0.345 e. The van der Waals surface area contributed by atoms with Gasteiger partial charge >= 0.3 is 0 Å². The number of nitrogens with one attached hydrogen (secondary N) is 2. The molecule has 0 radical (unpaired) electrons. The van der Waals surface area contributed by atoms with Gasteiger partial charge in [-0.05, 0) is 20.9 Å². The molecule has 1 rings (SSSR count). The van der Waals surface area contributed by atoms with Crippen molar-refractivity contribution in [3.8, 4) is 0 Å². The standard InChI is InChI=1S/C7H13N3.2ClH/c1-5-4-9-7(10-5)6(2)8-3;;/h4,6,8H,1-3H3,(H,9,10);2*1H. The molecule has 1 unspecified atom stereocenters. The number of imidazole rings is 1. The number of hydrogen-bond donors (Lipinski definition) is 2. The van der Waals surface area contributed by atoms with Crippen molar-refractivity contribution in [1.29, 1.82) is 0 Å². The molecular formula is C7H15Cl2N3. The number of halogens is 2. The summed E-state index contributed by atoms with van der Waals surface area (Å²) in [6, 6.07) is 0.314. The number of rotatable bonds is 2. The van der Waals surface area contributed by atoms with Crippen LogP contribution >= 0.6 is 24.8 Å². The zero-order valence-electron chi connectivity index (χ0n) is 7.42. The maximum absolute atomic E-state index is 4.17. The molecule has 0 bridgehead atoms. The van der Waals surface area contributed by atoms with E-state index in [1.165, 1.54) is 0 Å². The van der Waals surface area contributed by atoms with E-state index in [2.05, 4.69) is 22.2 Å². The second kappa shape index (κ2) is 6.29. The van der Waals surface area contributed by atoms with Crippen LogP contribution in [0.1, 0.15) is 24.5 Å². The van der Waals surface area contributed by atoms with Crippen molar-refractivity contribution < 1.29 is 0 Å². The molecule has 0 aliphatic carbocycles. The van der Waals surface area contributed by atoms with Crippen LogP contribution in [0.4, 0.5) is 0 Å². The normalized spacial score (nSPS) is 11.2. The monoisotopic (exact) mass is 211 g/mol. The highest BCUT2D eigenvalue weighted by molar-refractivity contribution is 5.85. The molecule has 0 saturated carbocycles. The zero-order chi connectivity index (χ0) is 7.56. The van der Waals surface area contributed by atoms with E-state index in [0.29, 0.717) is 6.04 Å². The maximum atomic E-state index is 4.17. The molecule has 0 saturated heterocycles. The van der Waals surface area contributed by atoms with Crippen LogP contribution in [0.5, 0.6) is 0 Å². The second-order valence-electron chi connectivity index (χ2n) is 2.46. The van der Waals surface area contributed by atoms with Gasteiger partial charge in [-0.1, -0.05) is 0 Å². The first-order valence-corrected chi connectivity index (χ1v) is 3.43. The number of H-pyrrole nitrogens is 1.